The Hall–Kier alpha value is -6.72. The Morgan fingerprint density at radius 1 is 0.636 bits per heavy atom. The van der Waals surface area contributed by atoms with Gasteiger partial charge in [-0.15, -0.1) is 0 Å². The van der Waals surface area contributed by atoms with Crippen LogP contribution in [0, 0.1) is 0 Å². The number of para-hydroxylation sites is 2. The van der Waals surface area contributed by atoms with Crippen molar-refractivity contribution in [3.8, 4) is 16.8 Å². The fourth-order valence-electron chi connectivity index (χ4n) is 9.14. The summed E-state index contributed by atoms with van der Waals surface area (Å²) in [5.41, 5.74) is 13.5. The van der Waals surface area contributed by atoms with Crippen LogP contribution >= 0.6 is 0 Å². The molecule has 11 rings (SSSR count). The molecule has 0 amide bonds. The van der Waals surface area contributed by atoms with Gasteiger partial charge in [-0.05, 0) is 64.6 Å². The van der Waals surface area contributed by atoms with Crippen LogP contribution < -0.4 is 5.32 Å². The lowest BCUT2D eigenvalue weighted by Crippen LogP contribution is -2.29. The first-order chi connectivity index (χ1) is 27.0. The summed E-state index contributed by atoms with van der Waals surface area (Å²) in [7, 11) is 0. The third-order valence-electron chi connectivity index (χ3n) is 11.8. The summed E-state index contributed by atoms with van der Waals surface area (Å²) in [6, 6.07) is 56.1. The Morgan fingerprint density at radius 3 is 2.24 bits per heavy atom. The number of aromatic nitrogens is 1. The molecule has 3 heterocycles. The monoisotopic (exact) mass is 710 g/mol. The van der Waals surface area contributed by atoms with E-state index < -0.39 is 0 Å². The zero-order valence-electron chi connectivity index (χ0n) is 30.8. The van der Waals surface area contributed by atoms with Crippen molar-refractivity contribution in [3.63, 3.8) is 0 Å². The third-order valence-corrected chi connectivity index (χ3v) is 11.8. The topological polar surface area (TPSA) is 54.8 Å². The fourth-order valence-corrected chi connectivity index (χ4v) is 9.14. The van der Waals surface area contributed by atoms with Crippen molar-refractivity contribution in [2.24, 2.45) is 9.98 Å². The van der Waals surface area contributed by atoms with Crippen LogP contribution in [-0.4, -0.2) is 22.8 Å². The van der Waals surface area contributed by atoms with E-state index in [0.717, 1.165) is 63.1 Å². The summed E-state index contributed by atoms with van der Waals surface area (Å²) in [5.74, 6) is 1.51. The van der Waals surface area contributed by atoms with Gasteiger partial charge < -0.3 is 14.3 Å². The molecule has 1 aliphatic heterocycles. The molecule has 7 aromatic carbocycles. The predicted octanol–water partition coefficient (Wildman–Crippen LogP) is 11.9. The number of furan rings is 1. The molecule has 0 saturated heterocycles. The summed E-state index contributed by atoms with van der Waals surface area (Å²) in [6.45, 7) is 5.43. The fraction of sp³-hybridized carbons (Fsp3) is 0.120. The highest BCUT2D eigenvalue weighted by molar-refractivity contribution is 6.22. The molecule has 1 aliphatic carbocycles. The van der Waals surface area contributed by atoms with Crippen molar-refractivity contribution in [2.75, 3.05) is 6.54 Å². The van der Waals surface area contributed by atoms with Crippen molar-refractivity contribution < 1.29 is 4.42 Å². The maximum Gasteiger partial charge on any atom is 0.159 e. The minimum atomic E-state index is -0.0835. The van der Waals surface area contributed by atoms with Crippen LogP contribution in [-0.2, 0) is 5.41 Å². The Balaban J connectivity index is 1.13. The number of nitrogens with one attached hydrogen (secondary N) is 1. The molecule has 0 bridgehead atoms. The molecule has 2 aromatic heterocycles. The Morgan fingerprint density at radius 2 is 1.36 bits per heavy atom. The van der Waals surface area contributed by atoms with Gasteiger partial charge in [-0.1, -0.05) is 141 Å². The number of nitrogens with zero attached hydrogens (tertiary/aromatic N) is 3. The lowest BCUT2D eigenvalue weighted by atomic mass is 9.82. The van der Waals surface area contributed by atoms with Gasteiger partial charge in [0.25, 0.3) is 0 Å². The van der Waals surface area contributed by atoms with Crippen molar-refractivity contribution in [2.45, 2.75) is 31.7 Å². The number of aliphatic imine (C=N–C) groups is 2. The quantitative estimate of drug-likeness (QED) is 0.198. The van der Waals surface area contributed by atoms with E-state index in [1.54, 1.807) is 0 Å². The molecular formula is C50H38N4O. The highest BCUT2D eigenvalue weighted by atomic mass is 16.3. The van der Waals surface area contributed by atoms with Crippen LogP contribution in [0.3, 0.4) is 0 Å². The maximum absolute atomic E-state index is 6.93. The minimum Gasteiger partial charge on any atom is -0.454 e. The molecule has 0 saturated carbocycles. The Labute approximate surface area is 319 Å². The van der Waals surface area contributed by atoms with E-state index in [1.165, 1.54) is 44.1 Å². The van der Waals surface area contributed by atoms with Gasteiger partial charge in [0.2, 0.25) is 0 Å². The Kier molecular flexibility index (Phi) is 7.02. The van der Waals surface area contributed by atoms with Gasteiger partial charge in [-0.2, -0.15) is 0 Å². The summed E-state index contributed by atoms with van der Waals surface area (Å²) in [4.78, 5) is 10.6. The Bertz CT molecular complexity index is 3040. The first-order valence-electron chi connectivity index (χ1n) is 19.2. The van der Waals surface area contributed by atoms with Gasteiger partial charge in [0.1, 0.15) is 11.4 Å². The van der Waals surface area contributed by atoms with Gasteiger partial charge in [-0.25, -0.2) is 4.99 Å². The maximum atomic E-state index is 6.93. The van der Waals surface area contributed by atoms with E-state index >= 15 is 0 Å². The average Bonchev–Trinajstić information content (AvgIpc) is 3.84. The van der Waals surface area contributed by atoms with E-state index in [9.17, 15) is 0 Å². The van der Waals surface area contributed by atoms with Gasteiger partial charge in [0, 0.05) is 44.6 Å². The standard InChI is InChI=1S/C50H38N4O/c1-50(2)39-23-11-9-19-33(39)37-30-44-38(29-40(37)50)34-20-10-12-24-42(34)54(44)43-25-13-21-35-46-36(22-14-26-45(46)55-47(35)43)49-51-28-27-41(31-15-5-3-6-16-31)52-48(53-49)32-17-7-4-8-18-32/h3-26,29-30,41H,27-28H2,1-2H3,(H,51,52,53). The first kappa shape index (κ1) is 31.8. The molecular weight excluding hydrogens is 673 g/mol. The number of rotatable bonds is 4. The van der Waals surface area contributed by atoms with Crippen LogP contribution in [0.4, 0.5) is 0 Å². The van der Waals surface area contributed by atoms with Crippen LogP contribution in [0.1, 0.15) is 54.1 Å². The molecule has 55 heavy (non-hydrogen) atoms. The smallest absolute Gasteiger partial charge is 0.159 e. The van der Waals surface area contributed by atoms with Crippen LogP contribution in [0.25, 0.3) is 60.6 Å². The highest BCUT2D eigenvalue weighted by Gasteiger charge is 2.36. The van der Waals surface area contributed by atoms with Gasteiger partial charge >= 0.3 is 0 Å². The molecule has 2 aliphatic rings. The number of amidine groups is 2. The summed E-state index contributed by atoms with van der Waals surface area (Å²) in [5, 5.41) is 8.30. The third kappa shape index (κ3) is 4.86. The second-order valence-corrected chi connectivity index (χ2v) is 15.3. The largest absolute Gasteiger partial charge is 0.454 e. The normalized spacial score (nSPS) is 18.3. The predicted molar refractivity (Wildman–Crippen MR) is 227 cm³/mol. The average molecular weight is 711 g/mol. The van der Waals surface area contributed by atoms with Crippen molar-refractivity contribution >= 4 is 55.4 Å². The summed E-state index contributed by atoms with van der Waals surface area (Å²) >= 11 is 0. The second kappa shape index (κ2) is 12.2. The van der Waals surface area contributed by atoms with Crippen LogP contribution in [0.2, 0.25) is 0 Å². The zero-order chi connectivity index (χ0) is 36.7. The SMILES string of the molecule is CC1(C)c2ccccc2-c2cc3c(cc21)c1ccccc1n3-c1cccc2c1oc1cccc(/C3=N/C(c4ccccc4)=N\C(c4ccccc4)CCN3)c12. The van der Waals surface area contributed by atoms with Crippen molar-refractivity contribution in [3.05, 3.63) is 186 Å². The van der Waals surface area contributed by atoms with Crippen LogP contribution in [0.15, 0.2) is 172 Å². The number of hydrogen-bond acceptors (Lipinski definition) is 4. The molecule has 1 N–H and O–H groups in total. The van der Waals surface area contributed by atoms with Crippen LogP contribution in [0.5, 0.6) is 0 Å². The summed E-state index contributed by atoms with van der Waals surface area (Å²) in [6.07, 6.45) is 0.838. The first-order valence-corrected chi connectivity index (χ1v) is 19.2. The van der Waals surface area contributed by atoms with Crippen molar-refractivity contribution in [1.29, 1.82) is 0 Å². The highest BCUT2D eigenvalue weighted by Crippen LogP contribution is 2.51. The molecule has 264 valence electrons. The lowest BCUT2D eigenvalue weighted by Gasteiger charge is -2.21. The van der Waals surface area contributed by atoms with Gasteiger partial charge in [-0.3, -0.25) is 4.99 Å². The molecule has 0 fully saturated rings. The van der Waals surface area contributed by atoms with E-state index in [2.05, 4.69) is 163 Å². The minimum absolute atomic E-state index is 0.00527. The zero-order valence-corrected chi connectivity index (χ0v) is 30.8. The van der Waals surface area contributed by atoms with Gasteiger partial charge in [0.05, 0.1) is 22.8 Å². The molecule has 0 spiro atoms. The van der Waals surface area contributed by atoms with Crippen molar-refractivity contribution in [1.82, 2.24) is 9.88 Å². The van der Waals surface area contributed by atoms with E-state index in [-0.39, 0.29) is 11.5 Å². The van der Waals surface area contributed by atoms with E-state index in [1.807, 2.05) is 18.2 Å². The van der Waals surface area contributed by atoms with Gasteiger partial charge in [0.15, 0.2) is 11.4 Å². The number of hydrogen-bond donors (Lipinski definition) is 1. The molecule has 1 atom stereocenters. The molecule has 5 nitrogen and oxygen atoms in total. The molecule has 1 unspecified atom stereocenters. The van der Waals surface area contributed by atoms with E-state index in [4.69, 9.17) is 14.4 Å². The molecule has 9 aromatic rings. The lowest BCUT2D eigenvalue weighted by molar-refractivity contribution is 0.634. The molecule has 0 radical (unpaired) electrons. The molecule has 5 heteroatoms. The number of benzene rings is 7. The number of fused-ring (bicyclic) bond motifs is 9. The summed E-state index contributed by atoms with van der Waals surface area (Å²) < 4.78 is 9.33. The second-order valence-electron chi connectivity index (χ2n) is 15.3. The van der Waals surface area contributed by atoms with E-state index in [0.29, 0.717) is 5.84 Å².